The molecule has 0 amide bonds. The Hall–Kier alpha value is -1.61. The minimum absolute atomic E-state index is 0.150. The van der Waals surface area contributed by atoms with Gasteiger partial charge in [-0.3, -0.25) is 0 Å². The summed E-state index contributed by atoms with van der Waals surface area (Å²) in [5.74, 6) is 1.13. The smallest absolute Gasteiger partial charge is 0.132 e. The fourth-order valence-electron chi connectivity index (χ4n) is 3.38. The lowest BCUT2D eigenvalue weighted by Gasteiger charge is -2.34. The molecule has 3 heteroatoms. The van der Waals surface area contributed by atoms with Crippen LogP contribution in [0, 0.1) is 0 Å². The number of benzene rings is 1. The summed E-state index contributed by atoms with van der Waals surface area (Å²) in [6.45, 7) is 7.78. The maximum atomic E-state index is 6.06. The van der Waals surface area contributed by atoms with Gasteiger partial charge in [-0.25, -0.2) is 4.98 Å². The molecule has 1 aliphatic heterocycles. The first-order chi connectivity index (χ1) is 9.97. The van der Waals surface area contributed by atoms with Crippen LogP contribution >= 0.6 is 0 Å². The second-order valence-electron chi connectivity index (χ2n) is 6.91. The van der Waals surface area contributed by atoms with Crippen molar-refractivity contribution < 1.29 is 0 Å². The molecular weight excluding hydrogens is 258 g/mol. The molecule has 0 radical (unpaired) electrons. The highest BCUT2D eigenvalue weighted by Crippen LogP contribution is 2.35. The molecule has 3 rings (SSSR count). The van der Waals surface area contributed by atoms with E-state index in [1.165, 1.54) is 23.8 Å². The zero-order chi connectivity index (χ0) is 15.0. The Morgan fingerprint density at radius 2 is 2.10 bits per heavy atom. The second kappa shape index (κ2) is 5.30. The molecule has 1 fully saturated rings. The third-order valence-corrected chi connectivity index (χ3v) is 4.48. The minimum Gasteiger partial charge on any atom is -0.351 e. The van der Waals surface area contributed by atoms with E-state index in [1.807, 2.05) is 0 Å². The predicted molar refractivity (Wildman–Crippen MR) is 89.8 cm³/mol. The average Bonchev–Trinajstić information content (AvgIpc) is 2.77. The summed E-state index contributed by atoms with van der Waals surface area (Å²) in [5.41, 5.74) is 8.59. The highest BCUT2D eigenvalue weighted by atomic mass is 15.3. The van der Waals surface area contributed by atoms with Gasteiger partial charge in [0, 0.05) is 23.5 Å². The van der Waals surface area contributed by atoms with Gasteiger partial charge in [0.05, 0.1) is 5.52 Å². The molecule has 0 spiro atoms. The molecule has 2 heterocycles. The molecule has 1 aliphatic rings. The number of rotatable bonds is 3. The minimum atomic E-state index is 0.150. The Bertz CT molecular complexity index is 646. The third-order valence-electron chi connectivity index (χ3n) is 4.48. The Labute approximate surface area is 127 Å². The van der Waals surface area contributed by atoms with Crippen LogP contribution in [-0.2, 0) is 6.42 Å². The van der Waals surface area contributed by atoms with Crippen LogP contribution in [0.3, 0.4) is 0 Å². The summed E-state index contributed by atoms with van der Waals surface area (Å²) >= 11 is 0. The second-order valence-corrected chi connectivity index (χ2v) is 6.91. The van der Waals surface area contributed by atoms with Gasteiger partial charge in [0.1, 0.15) is 5.82 Å². The van der Waals surface area contributed by atoms with E-state index in [9.17, 15) is 0 Å². The molecule has 0 saturated carbocycles. The maximum absolute atomic E-state index is 6.06. The summed E-state index contributed by atoms with van der Waals surface area (Å²) in [6.07, 6.45) is 3.33. The van der Waals surface area contributed by atoms with Gasteiger partial charge < -0.3 is 10.6 Å². The predicted octanol–water partition coefficient (Wildman–Crippen LogP) is 3.50. The number of aromatic nitrogens is 1. The van der Waals surface area contributed by atoms with Gasteiger partial charge in [-0.05, 0) is 57.7 Å². The SMILES string of the molecule is CC(N)Cc1cc2ccccc2nc1N1CCCC1(C)C. The third kappa shape index (κ3) is 2.75. The summed E-state index contributed by atoms with van der Waals surface area (Å²) < 4.78 is 0. The molecule has 0 aliphatic carbocycles. The van der Waals surface area contributed by atoms with E-state index in [2.05, 4.69) is 56.0 Å². The molecule has 1 aromatic heterocycles. The van der Waals surface area contributed by atoms with Gasteiger partial charge in [0.25, 0.3) is 0 Å². The molecule has 2 aromatic rings. The molecule has 1 unspecified atom stereocenters. The van der Waals surface area contributed by atoms with Crippen LogP contribution in [0.2, 0.25) is 0 Å². The van der Waals surface area contributed by atoms with Gasteiger partial charge >= 0.3 is 0 Å². The number of pyridine rings is 1. The van der Waals surface area contributed by atoms with Crippen LogP contribution in [0.15, 0.2) is 30.3 Å². The van der Waals surface area contributed by atoms with Crippen molar-refractivity contribution in [2.75, 3.05) is 11.4 Å². The maximum Gasteiger partial charge on any atom is 0.132 e. The van der Waals surface area contributed by atoms with Crippen molar-refractivity contribution in [3.05, 3.63) is 35.9 Å². The normalized spacial score (nSPS) is 19.1. The van der Waals surface area contributed by atoms with Crippen LogP contribution in [0.1, 0.15) is 39.2 Å². The largest absolute Gasteiger partial charge is 0.351 e. The standard InChI is InChI=1S/C18H25N3/c1-13(19)11-15-12-14-7-4-5-8-16(14)20-17(15)21-10-6-9-18(21,2)3/h4-5,7-8,12-13H,6,9-11,19H2,1-3H3. The fourth-order valence-corrected chi connectivity index (χ4v) is 3.38. The van der Waals surface area contributed by atoms with Crippen LogP contribution in [0.4, 0.5) is 5.82 Å². The monoisotopic (exact) mass is 283 g/mol. The van der Waals surface area contributed by atoms with Crippen molar-refractivity contribution in [3.8, 4) is 0 Å². The van der Waals surface area contributed by atoms with Crippen molar-refractivity contribution >= 4 is 16.7 Å². The van der Waals surface area contributed by atoms with Gasteiger partial charge in [0.2, 0.25) is 0 Å². The van der Waals surface area contributed by atoms with E-state index in [4.69, 9.17) is 10.7 Å². The molecular formula is C18H25N3. The molecule has 2 N–H and O–H groups in total. The van der Waals surface area contributed by atoms with Crippen molar-refractivity contribution in [2.24, 2.45) is 5.73 Å². The van der Waals surface area contributed by atoms with Crippen LogP contribution in [0.25, 0.3) is 10.9 Å². The summed E-state index contributed by atoms with van der Waals surface area (Å²) in [6, 6.07) is 10.8. The lowest BCUT2D eigenvalue weighted by atomic mass is 10.00. The Morgan fingerprint density at radius 1 is 1.33 bits per heavy atom. The summed E-state index contributed by atoms with van der Waals surface area (Å²) in [5, 5.41) is 1.20. The molecule has 1 atom stereocenters. The highest BCUT2D eigenvalue weighted by Gasteiger charge is 2.34. The Morgan fingerprint density at radius 3 is 2.76 bits per heavy atom. The van der Waals surface area contributed by atoms with E-state index in [1.54, 1.807) is 0 Å². The van der Waals surface area contributed by atoms with E-state index in [0.717, 1.165) is 24.3 Å². The summed E-state index contributed by atoms with van der Waals surface area (Å²) in [4.78, 5) is 7.45. The van der Waals surface area contributed by atoms with Crippen molar-refractivity contribution in [2.45, 2.75) is 51.6 Å². The summed E-state index contributed by atoms with van der Waals surface area (Å²) in [7, 11) is 0. The lowest BCUT2D eigenvalue weighted by molar-refractivity contribution is 0.512. The number of nitrogens with two attached hydrogens (primary N) is 1. The van der Waals surface area contributed by atoms with E-state index in [0.29, 0.717) is 0 Å². The number of hydrogen-bond acceptors (Lipinski definition) is 3. The van der Waals surface area contributed by atoms with E-state index in [-0.39, 0.29) is 11.6 Å². The average molecular weight is 283 g/mol. The Balaban J connectivity index is 2.14. The van der Waals surface area contributed by atoms with Crippen LogP contribution in [0.5, 0.6) is 0 Å². The van der Waals surface area contributed by atoms with Crippen LogP contribution < -0.4 is 10.6 Å². The van der Waals surface area contributed by atoms with E-state index < -0.39 is 0 Å². The molecule has 21 heavy (non-hydrogen) atoms. The van der Waals surface area contributed by atoms with Gasteiger partial charge in [0.15, 0.2) is 0 Å². The number of nitrogens with zero attached hydrogens (tertiary/aromatic N) is 2. The molecule has 0 bridgehead atoms. The van der Waals surface area contributed by atoms with Crippen molar-refractivity contribution in [1.82, 2.24) is 4.98 Å². The first kappa shape index (κ1) is 14.3. The topological polar surface area (TPSA) is 42.1 Å². The van der Waals surface area contributed by atoms with E-state index >= 15 is 0 Å². The quantitative estimate of drug-likeness (QED) is 0.937. The van der Waals surface area contributed by atoms with Gasteiger partial charge in [-0.15, -0.1) is 0 Å². The lowest BCUT2D eigenvalue weighted by Crippen LogP contribution is -2.39. The highest BCUT2D eigenvalue weighted by molar-refractivity contribution is 5.82. The molecule has 112 valence electrons. The van der Waals surface area contributed by atoms with Crippen LogP contribution in [-0.4, -0.2) is 23.1 Å². The number of anilines is 1. The van der Waals surface area contributed by atoms with Crippen molar-refractivity contribution in [1.29, 1.82) is 0 Å². The first-order valence-electron chi connectivity index (χ1n) is 7.89. The molecule has 3 nitrogen and oxygen atoms in total. The number of fused-ring (bicyclic) bond motifs is 1. The van der Waals surface area contributed by atoms with Gasteiger partial charge in [-0.1, -0.05) is 18.2 Å². The molecule has 1 aromatic carbocycles. The zero-order valence-electron chi connectivity index (χ0n) is 13.3. The fraction of sp³-hybridized carbons (Fsp3) is 0.500. The van der Waals surface area contributed by atoms with Gasteiger partial charge in [-0.2, -0.15) is 0 Å². The number of para-hydroxylation sites is 1. The molecule has 1 saturated heterocycles. The Kier molecular flexibility index (Phi) is 3.62. The zero-order valence-corrected chi connectivity index (χ0v) is 13.3. The number of hydrogen-bond donors (Lipinski definition) is 1. The van der Waals surface area contributed by atoms with Crippen molar-refractivity contribution in [3.63, 3.8) is 0 Å². The first-order valence-corrected chi connectivity index (χ1v) is 7.89.